The first kappa shape index (κ1) is 18.0. The third-order valence-electron chi connectivity index (χ3n) is 3.78. The van der Waals surface area contributed by atoms with Crippen LogP contribution in [-0.2, 0) is 0 Å². The van der Waals surface area contributed by atoms with Crippen molar-refractivity contribution in [2.75, 3.05) is 0 Å². The van der Waals surface area contributed by atoms with Crippen molar-refractivity contribution in [2.45, 2.75) is 96.7 Å². The van der Waals surface area contributed by atoms with Gasteiger partial charge in [0.25, 0.3) is 0 Å². The zero-order valence-corrected chi connectivity index (χ0v) is 12.5. The van der Waals surface area contributed by atoms with Crippen LogP contribution in [0.25, 0.3) is 0 Å². The second kappa shape index (κ2) is 13.4. The van der Waals surface area contributed by atoms with E-state index in [9.17, 15) is 10.0 Å². The van der Waals surface area contributed by atoms with E-state index in [1.165, 1.54) is 51.4 Å². The summed E-state index contributed by atoms with van der Waals surface area (Å²) in [6.07, 6.45) is 14.5. The van der Waals surface area contributed by atoms with Gasteiger partial charge in [0, 0.05) is 0 Å². The third-order valence-corrected chi connectivity index (χ3v) is 3.78. The Hall–Kier alpha value is -0.0151. The number of rotatable bonds is 13. The highest BCUT2D eigenvalue weighted by molar-refractivity contribution is 6.43. The van der Waals surface area contributed by atoms with Gasteiger partial charge in [-0.1, -0.05) is 90.9 Å². The molecule has 2 N–H and O–H groups in total. The Labute approximate surface area is 114 Å². The Balaban J connectivity index is 3.53. The average Bonchev–Trinajstić information content (AvgIpc) is 2.35. The van der Waals surface area contributed by atoms with Crippen molar-refractivity contribution in [3.63, 3.8) is 0 Å². The standard InChI is InChI=1S/C15H33BO2/c1-3-5-7-9-11-13-15(16(17)18)14-12-10-8-6-4-2/h15,17-18H,3-14H2,1-2H3. The molecule has 0 aromatic carbocycles. The molecule has 0 radical (unpaired) electrons. The molecule has 0 saturated heterocycles. The minimum atomic E-state index is -1.11. The van der Waals surface area contributed by atoms with Gasteiger partial charge in [-0.3, -0.25) is 0 Å². The first-order chi connectivity index (χ1) is 8.72. The van der Waals surface area contributed by atoms with Crippen LogP contribution in [0.2, 0.25) is 5.82 Å². The summed E-state index contributed by atoms with van der Waals surface area (Å²) >= 11 is 0. The normalized spacial score (nSPS) is 11.2. The molecule has 3 heteroatoms. The fraction of sp³-hybridized carbons (Fsp3) is 1.00. The maximum Gasteiger partial charge on any atom is 0.454 e. The van der Waals surface area contributed by atoms with Gasteiger partial charge in [0.2, 0.25) is 0 Å². The molecular weight excluding hydrogens is 223 g/mol. The van der Waals surface area contributed by atoms with E-state index in [0.717, 1.165) is 25.7 Å². The Kier molecular flexibility index (Phi) is 13.4. The lowest BCUT2D eigenvalue weighted by Crippen LogP contribution is -2.20. The molecule has 108 valence electrons. The number of unbranched alkanes of at least 4 members (excludes halogenated alkanes) is 8. The van der Waals surface area contributed by atoms with Crippen molar-refractivity contribution in [3.05, 3.63) is 0 Å². The fourth-order valence-corrected chi connectivity index (χ4v) is 2.46. The Morgan fingerprint density at radius 2 is 1.06 bits per heavy atom. The van der Waals surface area contributed by atoms with Crippen LogP contribution in [0.3, 0.4) is 0 Å². The van der Waals surface area contributed by atoms with Gasteiger partial charge >= 0.3 is 7.12 Å². The van der Waals surface area contributed by atoms with Crippen molar-refractivity contribution in [3.8, 4) is 0 Å². The van der Waals surface area contributed by atoms with Crippen LogP contribution in [0.15, 0.2) is 0 Å². The van der Waals surface area contributed by atoms with E-state index in [4.69, 9.17) is 0 Å². The highest BCUT2D eigenvalue weighted by atomic mass is 16.4. The zero-order valence-electron chi connectivity index (χ0n) is 12.5. The van der Waals surface area contributed by atoms with Crippen LogP contribution >= 0.6 is 0 Å². The van der Waals surface area contributed by atoms with Gasteiger partial charge in [-0.2, -0.15) is 0 Å². The second-order valence-electron chi connectivity index (χ2n) is 5.58. The molecule has 2 nitrogen and oxygen atoms in total. The largest absolute Gasteiger partial charge is 0.454 e. The van der Waals surface area contributed by atoms with Gasteiger partial charge in [0.1, 0.15) is 0 Å². The number of hydrogen-bond donors (Lipinski definition) is 2. The number of hydrogen-bond acceptors (Lipinski definition) is 2. The quantitative estimate of drug-likeness (QED) is 0.375. The van der Waals surface area contributed by atoms with Gasteiger partial charge in [-0.25, -0.2) is 0 Å². The van der Waals surface area contributed by atoms with Crippen LogP contribution < -0.4 is 0 Å². The smallest absolute Gasteiger partial charge is 0.427 e. The second-order valence-corrected chi connectivity index (χ2v) is 5.58. The molecule has 0 unspecified atom stereocenters. The molecular formula is C15H33BO2. The van der Waals surface area contributed by atoms with Crippen LogP contribution in [0.4, 0.5) is 0 Å². The third kappa shape index (κ3) is 11.1. The van der Waals surface area contributed by atoms with Gasteiger partial charge in [-0.15, -0.1) is 0 Å². The highest BCUT2D eigenvalue weighted by Gasteiger charge is 2.21. The van der Waals surface area contributed by atoms with E-state index >= 15 is 0 Å². The van der Waals surface area contributed by atoms with Crippen LogP contribution in [0, 0.1) is 0 Å². The van der Waals surface area contributed by atoms with Crippen LogP contribution in [0.1, 0.15) is 90.9 Å². The molecule has 0 atom stereocenters. The lowest BCUT2D eigenvalue weighted by atomic mass is 9.67. The molecule has 0 aromatic heterocycles. The van der Waals surface area contributed by atoms with Crippen molar-refractivity contribution in [1.29, 1.82) is 0 Å². The minimum absolute atomic E-state index is 0.105. The van der Waals surface area contributed by atoms with Crippen molar-refractivity contribution in [1.82, 2.24) is 0 Å². The lowest BCUT2D eigenvalue weighted by Gasteiger charge is -2.15. The molecule has 0 spiro atoms. The lowest BCUT2D eigenvalue weighted by molar-refractivity contribution is 0.364. The van der Waals surface area contributed by atoms with E-state index < -0.39 is 7.12 Å². The monoisotopic (exact) mass is 256 g/mol. The summed E-state index contributed by atoms with van der Waals surface area (Å²) in [5.74, 6) is 0.105. The summed E-state index contributed by atoms with van der Waals surface area (Å²) in [6.45, 7) is 4.44. The molecule has 0 bridgehead atoms. The maximum atomic E-state index is 9.37. The van der Waals surface area contributed by atoms with Gasteiger partial charge < -0.3 is 10.0 Å². The molecule has 0 rings (SSSR count). The van der Waals surface area contributed by atoms with Crippen molar-refractivity contribution in [2.24, 2.45) is 0 Å². The predicted molar refractivity (Wildman–Crippen MR) is 80.7 cm³/mol. The molecule has 18 heavy (non-hydrogen) atoms. The summed E-state index contributed by atoms with van der Waals surface area (Å²) in [5.41, 5.74) is 0. The fourth-order valence-electron chi connectivity index (χ4n) is 2.46. The Morgan fingerprint density at radius 3 is 1.39 bits per heavy atom. The highest BCUT2D eigenvalue weighted by Crippen LogP contribution is 2.24. The molecule has 0 aromatic rings. The molecule has 0 aliphatic carbocycles. The van der Waals surface area contributed by atoms with Crippen LogP contribution in [0.5, 0.6) is 0 Å². The van der Waals surface area contributed by atoms with E-state index in [0.29, 0.717) is 0 Å². The molecule has 0 aliphatic rings. The van der Waals surface area contributed by atoms with E-state index in [-0.39, 0.29) is 5.82 Å². The maximum absolute atomic E-state index is 9.37. The molecule has 0 amide bonds. The minimum Gasteiger partial charge on any atom is -0.427 e. The summed E-state index contributed by atoms with van der Waals surface area (Å²) in [6, 6.07) is 0. The van der Waals surface area contributed by atoms with Gasteiger partial charge in [0.15, 0.2) is 0 Å². The summed E-state index contributed by atoms with van der Waals surface area (Å²) < 4.78 is 0. The predicted octanol–water partition coefficient (Wildman–Crippen LogP) is 4.55. The van der Waals surface area contributed by atoms with Gasteiger partial charge in [0.05, 0.1) is 0 Å². The Bertz CT molecular complexity index is 149. The zero-order chi connectivity index (χ0) is 13.6. The first-order valence-corrected chi connectivity index (χ1v) is 8.08. The molecule has 0 saturated carbocycles. The average molecular weight is 256 g/mol. The summed E-state index contributed by atoms with van der Waals surface area (Å²) in [4.78, 5) is 0. The molecule has 0 fully saturated rings. The van der Waals surface area contributed by atoms with Gasteiger partial charge in [-0.05, 0) is 5.82 Å². The van der Waals surface area contributed by atoms with E-state index in [1.54, 1.807) is 0 Å². The topological polar surface area (TPSA) is 40.5 Å². The van der Waals surface area contributed by atoms with Crippen LogP contribution in [-0.4, -0.2) is 17.2 Å². The van der Waals surface area contributed by atoms with Crippen molar-refractivity contribution < 1.29 is 10.0 Å². The summed E-state index contributed by atoms with van der Waals surface area (Å²) in [7, 11) is -1.11. The van der Waals surface area contributed by atoms with Crippen molar-refractivity contribution >= 4 is 7.12 Å². The molecule has 0 aliphatic heterocycles. The molecule has 0 heterocycles. The van der Waals surface area contributed by atoms with E-state index in [1.807, 2.05) is 0 Å². The Morgan fingerprint density at radius 1 is 0.667 bits per heavy atom. The SMILES string of the molecule is CCCCCCCC(CCCCCCC)B(O)O. The first-order valence-electron chi connectivity index (χ1n) is 8.08. The van der Waals surface area contributed by atoms with E-state index in [2.05, 4.69) is 13.8 Å². The summed E-state index contributed by atoms with van der Waals surface area (Å²) in [5, 5.41) is 18.7.